The summed E-state index contributed by atoms with van der Waals surface area (Å²) in [5, 5.41) is 8.64. The number of carbonyl (C=O) groups is 1. The predicted octanol–water partition coefficient (Wildman–Crippen LogP) is 3.98. The van der Waals surface area contributed by atoms with Gasteiger partial charge in [-0.05, 0) is 56.1 Å². The van der Waals surface area contributed by atoms with Crippen LogP contribution in [0.2, 0.25) is 0 Å². The molecule has 0 radical (unpaired) electrons. The van der Waals surface area contributed by atoms with Crippen molar-refractivity contribution in [2.45, 2.75) is 83.5 Å². The Morgan fingerprint density at radius 1 is 1.26 bits per heavy atom. The van der Waals surface area contributed by atoms with Crippen molar-refractivity contribution in [2.75, 3.05) is 0 Å². The molecule has 3 fully saturated rings. The van der Waals surface area contributed by atoms with Crippen molar-refractivity contribution < 1.29 is 4.79 Å². The summed E-state index contributed by atoms with van der Waals surface area (Å²) in [6, 6.07) is 14.1. The van der Waals surface area contributed by atoms with Crippen molar-refractivity contribution in [1.29, 1.82) is 0 Å². The van der Waals surface area contributed by atoms with Crippen LogP contribution in [0, 0.1) is 11.3 Å². The number of aryl methyl sites for hydroxylation is 1. The molecule has 5 heteroatoms. The maximum Gasteiger partial charge on any atom is 0.272 e. The summed E-state index contributed by atoms with van der Waals surface area (Å²) in [6.45, 7) is 6.81. The largest absolute Gasteiger partial charge is 0.329 e. The molecule has 1 aromatic heterocycles. The Morgan fingerprint density at radius 3 is 2.77 bits per heavy atom. The number of rotatable bonds is 5. The molecule has 2 aliphatic heterocycles. The lowest BCUT2D eigenvalue weighted by atomic mass is 9.64. The highest BCUT2D eigenvalue weighted by Gasteiger charge is 2.60. The van der Waals surface area contributed by atoms with Crippen molar-refractivity contribution in [3.63, 3.8) is 0 Å². The van der Waals surface area contributed by atoms with Crippen LogP contribution in [0.3, 0.4) is 0 Å². The van der Waals surface area contributed by atoms with E-state index < -0.39 is 0 Å². The summed E-state index contributed by atoms with van der Waals surface area (Å²) in [5.74, 6) is 0.688. The lowest BCUT2D eigenvalue weighted by molar-refractivity contribution is -0.0118. The number of amides is 1. The first-order valence-corrected chi connectivity index (χ1v) is 12.0. The summed E-state index contributed by atoms with van der Waals surface area (Å²) in [7, 11) is 1.92. The maximum atomic E-state index is 14.1. The number of fused-ring (bicyclic) bond motifs is 1. The van der Waals surface area contributed by atoms with Gasteiger partial charge < -0.3 is 10.2 Å². The Balaban J connectivity index is 1.53. The standard InChI is InChI=1S/C26H36N4O/c1-17(2)13-19-15-22(29(4)28-19)25(31)30-21(14-18-9-6-5-7-10-18)20-16-26(3)23(27-20)11-8-12-24(26)30/h5-7,9-10,15,17,20-21,23-24,27H,8,11-14,16H2,1-4H3/t20-,21-,23-,24+,26-/m0/s1. The van der Waals surface area contributed by atoms with Crippen molar-refractivity contribution in [2.24, 2.45) is 18.4 Å². The molecule has 0 unspecified atom stereocenters. The molecule has 166 valence electrons. The van der Waals surface area contributed by atoms with Crippen LogP contribution < -0.4 is 5.32 Å². The SMILES string of the molecule is CC(C)Cc1cc(C(=O)N2[C@@H](Cc3ccccc3)[C@@H]3C[C@@]4(C)[C@H](CCC[C@@H]24)N3)n(C)n1. The van der Waals surface area contributed by atoms with E-state index in [2.05, 4.69) is 66.4 Å². The molecule has 1 aliphatic carbocycles. The zero-order chi connectivity index (χ0) is 21.8. The van der Waals surface area contributed by atoms with Gasteiger partial charge in [0.15, 0.2) is 0 Å². The molecular formula is C26H36N4O. The summed E-state index contributed by atoms with van der Waals surface area (Å²) < 4.78 is 1.81. The third-order valence-electron chi connectivity index (χ3n) is 8.05. The minimum absolute atomic E-state index is 0.163. The van der Waals surface area contributed by atoms with Gasteiger partial charge in [0.25, 0.3) is 5.91 Å². The van der Waals surface area contributed by atoms with Gasteiger partial charge in [-0.2, -0.15) is 5.10 Å². The van der Waals surface area contributed by atoms with Gasteiger partial charge in [0.1, 0.15) is 5.69 Å². The minimum atomic E-state index is 0.163. The van der Waals surface area contributed by atoms with Crippen LogP contribution in [0.1, 0.15) is 68.2 Å². The molecule has 2 bridgehead atoms. The first-order valence-electron chi connectivity index (χ1n) is 12.0. The van der Waals surface area contributed by atoms with Gasteiger partial charge in [-0.25, -0.2) is 0 Å². The Hall–Kier alpha value is -2.14. The second-order valence-electron chi connectivity index (χ2n) is 10.7. The first-order chi connectivity index (χ1) is 14.9. The molecule has 1 amide bonds. The second-order valence-corrected chi connectivity index (χ2v) is 10.7. The van der Waals surface area contributed by atoms with Crippen LogP contribution in [0.4, 0.5) is 0 Å². The fraction of sp³-hybridized carbons (Fsp3) is 0.615. The third-order valence-corrected chi connectivity index (χ3v) is 8.05. The molecule has 1 N–H and O–H groups in total. The van der Waals surface area contributed by atoms with Crippen LogP contribution in [-0.4, -0.2) is 44.8 Å². The Bertz CT molecular complexity index is 952. The minimum Gasteiger partial charge on any atom is -0.329 e. The van der Waals surface area contributed by atoms with Crippen molar-refractivity contribution in [1.82, 2.24) is 20.0 Å². The van der Waals surface area contributed by atoms with E-state index in [0.717, 1.165) is 30.7 Å². The molecular weight excluding hydrogens is 384 g/mol. The smallest absolute Gasteiger partial charge is 0.272 e. The van der Waals surface area contributed by atoms with Gasteiger partial charge in [0, 0.05) is 30.6 Å². The van der Waals surface area contributed by atoms with Crippen LogP contribution >= 0.6 is 0 Å². The van der Waals surface area contributed by atoms with E-state index in [9.17, 15) is 4.79 Å². The predicted molar refractivity (Wildman–Crippen MR) is 123 cm³/mol. The average molecular weight is 421 g/mol. The molecule has 1 aromatic carbocycles. The summed E-state index contributed by atoms with van der Waals surface area (Å²) >= 11 is 0. The zero-order valence-corrected chi connectivity index (χ0v) is 19.3. The van der Waals surface area contributed by atoms with Gasteiger partial charge in [-0.1, -0.05) is 51.1 Å². The van der Waals surface area contributed by atoms with Crippen molar-refractivity contribution in [3.8, 4) is 0 Å². The van der Waals surface area contributed by atoms with Crippen LogP contribution in [0.25, 0.3) is 0 Å². The van der Waals surface area contributed by atoms with Gasteiger partial charge in [-0.3, -0.25) is 9.48 Å². The number of carbonyl (C=O) groups excluding carboxylic acids is 1. The van der Waals surface area contributed by atoms with Gasteiger partial charge in [-0.15, -0.1) is 0 Å². The molecule has 5 atom stereocenters. The second kappa shape index (κ2) is 7.77. The summed E-state index contributed by atoms with van der Waals surface area (Å²) in [4.78, 5) is 16.4. The number of piperidine rings is 1. The Morgan fingerprint density at radius 2 is 2.03 bits per heavy atom. The van der Waals surface area contributed by atoms with E-state index in [1.807, 2.05) is 17.8 Å². The number of nitrogens with one attached hydrogen (secondary N) is 1. The van der Waals surface area contributed by atoms with Gasteiger partial charge in [0.2, 0.25) is 0 Å². The molecule has 5 rings (SSSR count). The number of likely N-dealkylation sites (tertiary alicyclic amines) is 1. The number of aromatic nitrogens is 2. The monoisotopic (exact) mass is 420 g/mol. The fourth-order valence-electron chi connectivity index (χ4n) is 6.64. The lowest BCUT2D eigenvalue weighted by Crippen LogP contribution is -2.62. The normalized spacial score (nSPS) is 32.0. The van der Waals surface area contributed by atoms with Gasteiger partial charge >= 0.3 is 0 Å². The first kappa shape index (κ1) is 20.7. The highest BCUT2D eigenvalue weighted by atomic mass is 16.2. The zero-order valence-electron chi connectivity index (χ0n) is 19.3. The van der Waals surface area contributed by atoms with Crippen LogP contribution in [0.5, 0.6) is 0 Å². The van der Waals surface area contributed by atoms with Gasteiger partial charge in [0.05, 0.1) is 11.7 Å². The maximum absolute atomic E-state index is 14.1. The van der Waals surface area contributed by atoms with Crippen LogP contribution in [0.15, 0.2) is 36.4 Å². The molecule has 3 heterocycles. The molecule has 31 heavy (non-hydrogen) atoms. The molecule has 3 aliphatic rings. The van der Waals surface area contributed by atoms with E-state index in [-0.39, 0.29) is 17.4 Å². The number of hydrogen-bond acceptors (Lipinski definition) is 3. The Kier molecular flexibility index (Phi) is 5.20. The highest BCUT2D eigenvalue weighted by molar-refractivity contribution is 5.93. The van der Waals surface area contributed by atoms with E-state index in [4.69, 9.17) is 0 Å². The van der Waals surface area contributed by atoms with E-state index in [0.29, 0.717) is 24.0 Å². The van der Waals surface area contributed by atoms with E-state index in [1.165, 1.54) is 24.8 Å². The summed E-state index contributed by atoms with van der Waals surface area (Å²) in [5.41, 5.74) is 3.24. The number of hydrogen-bond donors (Lipinski definition) is 1. The van der Waals surface area contributed by atoms with Crippen molar-refractivity contribution in [3.05, 3.63) is 53.3 Å². The van der Waals surface area contributed by atoms with Crippen molar-refractivity contribution >= 4 is 5.91 Å². The van der Waals surface area contributed by atoms with E-state index in [1.54, 1.807) is 0 Å². The molecule has 2 saturated heterocycles. The topological polar surface area (TPSA) is 50.2 Å². The average Bonchev–Trinajstić information content (AvgIpc) is 3.26. The lowest BCUT2D eigenvalue weighted by Gasteiger charge is -2.53. The number of benzene rings is 1. The van der Waals surface area contributed by atoms with Crippen LogP contribution in [-0.2, 0) is 19.9 Å². The van der Waals surface area contributed by atoms with E-state index >= 15 is 0 Å². The third kappa shape index (κ3) is 3.51. The molecule has 5 nitrogen and oxygen atoms in total. The molecule has 0 spiro atoms. The summed E-state index contributed by atoms with van der Waals surface area (Å²) in [6.07, 6.45) is 6.51. The highest BCUT2D eigenvalue weighted by Crippen LogP contribution is 2.52. The fourth-order valence-corrected chi connectivity index (χ4v) is 6.64. The quantitative estimate of drug-likeness (QED) is 0.796. The number of nitrogens with zero attached hydrogens (tertiary/aromatic N) is 3. The Labute approximate surface area is 186 Å². The molecule has 1 saturated carbocycles. The molecule has 2 aromatic rings.